The number of aromatic amines is 1. The van der Waals surface area contributed by atoms with Crippen LogP contribution >= 0.6 is 0 Å². The maximum Gasteiger partial charge on any atom is 0.227 e. The fraction of sp³-hybridized carbons (Fsp3) is 0.591. The van der Waals surface area contributed by atoms with Crippen LogP contribution in [0.5, 0.6) is 0 Å². The van der Waals surface area contributed by atoms with E-state index >= 15 is 0 Å². The molecule has 2 aliphatic rings. The summed E-state index contributed by atoms with van der Waals surface area (Å²) in [6.07, 6.45) is 10.3. The second-order valence-electron chi connectivity index (χ2n) is 8.24. The van der Waals surface area contributed by atoms with Gasteiger partial charge in [-0.25, -0.2) is 0 Å². The minimum atomic E-state index is 0.267. The van der Waals surface area contributed by atoms with Crippen molar-refractivity contribution in [3.63, 3.8) is 0 Å². The quantitative estimate of drug-likeness (QED) is 0.903. The van der Waals surface area contributed by atoms with Gasteiger partial charge in [-0.05, 0) is 44.9 Å². The van der Waals surface area contributed by atoms with Crippen molar-refractivity contribution in [3.05, 3.63) is 36.0 Å². The lowest BCUT2D eigenvalue weighted by Gasteiger charge is -2.39. The van der Waals surface area contributed by atoms with Crippen LogP contribution in [0, 0.1) is 0 Å². The van der Waals surface area contributed by atoms with Gasteiger partial charge in [0.05, 0.1) is 6.42 Å². The number of rotatable bonds is 4. The summed E-state index contributed by atoms with van der Waals surface area (Å²) in [6.45, 7) is 3.95. The molecule has 1 aromatic heterocycles. The Morgan fingerprint density at radius 2 is 2.04 bits per heavy atom. The molecule has 1 saturated carbocycles. The van der Waals surface area contributed by atoms with Crippen LogP contribution in [0.4, 0.5) is 0 Å². The molecule has 1 atom stereocenters. The molecule has 4 nitrogen and oxygen atoms in total. The minimum absolute atomic E-state index is 0.267. The Morgan fingerprint density at radius 1 is 1.27 bits per heavy atom. The fourth-order valence-electron chi connectivity index (χ4n) is 5.35. The number of H-pyrrole nitrogens is 1. The van der Waals surface area contributed by atoms with E-state index in [9.17, 15) is 4.79 Å². The number of aromatic nitrogens is 1. The predicted octanol–water partition coefficient (Wildman–Crippen LogP) is 3.97. The first-order valence-electron chi connectivity index (χ1n) is 10.2. The molecule has 0 unspecified atom stereocenters. The van der Waals surface area contributed by atoms with E-state index in [0.717, 1.165) is 30.6 Å². The third-order valence-electron chi connectivity index (χ3n) is 6.81. The topological polar surface area (TPSA) is 39.3 Å². The zero-order valence-electron chi connectivity index (χ0n) is 16.1. The van der Waals surface area contributed by atoms with Gasteiger partial charge in [0, 0.05) is 41.8 Å². The van der Waals surface area contributed by atoms with E-state index in [-0.39, 0.29) is 5.91 Å². The molecule has 0 radical (unpaired) electrons. The lowest BCUT2D eigenvalue weighted by Crippen LogP contribution is -2.42. The van der Waals surface area contributed by atoms with Crippen LogP contribution in [-0.2, 0) is 11.2 Å². The van der Waals surface area contributed by atoms with Gasteiger partial charge >= 0.3 is 0 Å². The van der Waals surface area contributed by atoms with Crippen LogP contribution in [0.1, 0.15) is 51.0 Å². The summed E-state index contributed by atoms with van der Waals surface area (Å²) in [6, 6.07) is 8.60. The highest BCUT2D eigenvalue weighted by Gasteiger charge is 2.46. The normalized spacial score (nSPS) is 22.9. The number of nitrogens with one attached hydrogen (secondary N) is 1. The third-order valence-corrected chi connectivity index (χ3v) is 6.81. The first-order chi connectivity index (χ1) is 12.6. The van der Waals surface area contributed by atoms with E-state index < -0.39 is 0 Å². The summed E-state index contributed by atoms with van der Waals surface area (Å²) in [4.78, 5) is 21.1. The summed E-state index contributed by atoms with van der Waals surface area (Å²) >= 11 is 0. The molecular weight excluding hydrogens is 322 g/mol. The van der Waals surface area contributed by atoms with E-state index in [0.29, 0.717) is 18.0 Å². The van der Waals surface area contributed by atoms with Crippen LogP contribution in [0.2, 0.25) is 0 Å². The van der Waals surface area contributed by atoms with Crippen molar-refractivity contribution >= 4 is 16.8 Å². The Kier molecular flexibility index (Phi) is 4.78. The summed E-state index contributed by atoms with van der Waals surface area (Å²) in [5, 5.41) is 1.17. The summed E-state index contributed by atoms with van der Waals surface area (Å²) in [5.74, 6) is 0.267. The molecule has 1 spiro atoms. The Bertz CT molecular complexity index is 775. The maximum absolute atomic E-state index is 13.1. The van der Waals surface area contributed by atoms with Crippen LogP contribution in [-0.4, -0.2) is 52.4 Å². The highest BCUT2D eigenvalue weighted by atomic mass is 16.2. The van der Waals surface area contributed by atoms with Gasteiger partial charge in [-0.3, -0.25) is 9.69 Å². The van der Waals surface area contributed by atoms with Gasteiger partial charge in [0.25, 0.3) is 0 Å². The molecule has 1 aliphatic carbocycles. The SMILES string of the molecule is CCN(C(=O)Cc1c[nH]c2ccccc12)[C@@H]1CN(C)C2(CCCCC2)C1. The third kappa shape index (κ3) is 3.05. The number of carbonyl (C=O) groups is 1. The van der Waals surface area contributed by atoms with Crippen LogP contribution < -0.4 is 0 Å². The van der Waals surface area contributed by atoms with E-state index in [1.807, 2.05) is 18.3 Å². The molecule has 1 N–H and O–H groups in total. The number of nitrogens with zero attached hydrogens (tertiary/aromatic N) is 2. The van der Waals surface area contributed by atoms with E-state index in [1.165, 1.54) is 37.5 Å². The Balaban J connectivity index is 1.49. The highest BCUT2D eigenvalue weighted by molar-refractivity contribution is 5.89. The van der Waals surface area contributed by atoms with Crippen molar-refractivity contribution in [2.24, 2.45) is 0 Å². The smallest absolute Gasteiger partial charge is 0.227 e. The van der Waals surface area contributed by atoms with E-state index in [4.69, 9.17) is 0 Å². The van der Waals surface area contributed by atoms with Gasteiger partial charge < -0.3 is 9.88 Å². The number of likely N-dealkylation sites (tertiary alicyclic amines) is 1. The number of benzene rings is 1. The first kappa shape index (κ1) is 17.6. The molecule has 1 saturated heterocycles. The Hall–Kier alpha value is -1.81. The zero-order chi connectivity index (χ0) is 18.1. The van der Waals surface area contributed by atoms with Gasteiger partial charge in [0.2, 0.25) is 5.91 Å². The first-order valence-corrected chi connectivity index (χ1v) is 10.2. The molecule has 4 heteroatoms. The fourth-order valence-corrected chi connectivity index (χ4v) is 5.35. The predicted molar refractivity (Wildman–Crippen MR) is 106 cm³/mol. The summed E-state index contributed by atoms with van der Waals surface area (Å²) in [7, 11) is 2.27. The van der Waals surface area contributed by atoms with Gasteiger partial charge in [-0.2, -0.15) is 0 Å². The molecule has 4 rings (SSSR count). The monoisotopic (exact) mass is 353 g/mol. The number of hydrogen-bond donors (Lipinski definition) is 1. The lowest BCUT2D eigenvalue weighted by atomic mass is 9.79. The van der Waals surface area contributed by atoms with Gasteiger partial charge in [0.15, 0.2) is 0 Å². The average molecular weight is 354 g/mol. The minimum Gasteiger partial charge on any atom is -0.361 e. The molecule has 2 heterocycles. The summed E-state index contributed by atoms with van der Waals surface area (Å²) < 4.78 is 0. The van der Waals surface area contributed by atoms with Gasteiger partial charge in [-0.15, -0.1) is 0 Å². The van der Waals surface area contributed by atoms with E-state index in [2.05, 4.69) is 40.9 Å². The van der Waals surface area contributed by atoms with Crippen LogP contribution in [0.3, 0.4) is 0 Å². The van der Waals surface area contributed by atoms with Gasteiger partial charge in [-0.1, -0.05) is 37.5 Å². The number of hydrogen-bond acceptors (Lipinski definition) is 2. The highest BCUT2D eigenvalue weighted by Crippen LogP contribution is 2.42. The average Bonchev–Trinajstić information content (AvgIpc) is 3.19. The molecular formula is C22H31N3O. The molecule has 1 aromatic carbocycles. The lowest BCUT2D eigenvalue weighted by molar-refractivity contribution is -0.132. The van der Waals surface area contributed by atoms with Crippen LogP contribution in [0.15, 0.2) is 30.5 Å². The van der Waals surface area contributed by atoms with Crippen molar-refractivity contribution in [2.75, 3.05) is 20.1 Å². The number of fused-ring (bicyclic) bond motifs is 1. The largest absolute Gasteiger partial charge is 0.361 e. The number of likely N-dealkylation sites (N-methyl/N-ethyl adjacent to an activating group) is 2. The van der Waals surface area contributed by atoms with Crippen molar-refractivity contribution in [3.8, 4) is 0 Å². The van der Waals surface area contributed by atoms with Crippen molar-refractivity contribution in [1.29, 1.82) is 0 Å². The number of amides is 1. The number of para-hydroxylation sites is 1. The van der Waals surface area contributed by atoms with E-state index in [1.54, 1.807) is 0 Å². The van der Waals surface area contributed by atoms with Gasteiger partial charge in [0.1, 0.15) is 0 Å². The second-order valence-corrected chi connectivity index (χ2v) is 8.24. The summed E-state index contributed by atoms with van der Waals surface area (Å²) in [5.41, 5.74) is 2.57. The van der Waals surface area contributed by atoms with Crippen molar-refractivity contribution in [2.45, 2.75) is 63.5 Å². The molecule has 140 valence electrons. The molecule has 1 amide bonds. The zero-order valence-corrected chi connectivity index (χ0v) is 16.1. The Labute approximate surface area is 156 Å². The van der Waals surface area contributed by atoms with Crippen molar-refractivity contribution < 1.29 is 4.79 Å². The standard InChI is InChI=1S/C22H31N3O/c1-3-25(18-14-22(24(2)16-18)11-7-4-8-12-22)21(26)13-17-15-23-20-10-6-5-9-19(17)20/h5-6,9-10,15,18,23H,3-4,7-8,11-14,16H2,1-2H3/t18-/m0/s1. The number of carbonyl (C=O) groups excluding carboxylic acids is 1. The second kappa shape index (κ2) is 7.07. The maximum atomic E-state index is 13.1. The molecule has 26 heavy (non-hydrogen) atoms. The van der Waals surface area contributed by atoms with Crippen LogP contribution in [0.25, 0.3) is 10.9 Å². The Morgan fingerprint density at radius 3 is 2.81 bits per heavy atom. The van der Waals surface area contributed by atoms with Crippen molar-refractivity contribution in [1.82, 2.24) is 14.8 Å². The molecule has 2 aromatic rings. The molecule has 2 fully saturated rings. The molecule has 1 aliphatic heterocycles. The molecule has 0 bridgehead atoms.